The van der Waals surface area contributed by atoms with Gasteiger partial charge in [-0.15, -0.1) is 23.4 Å². The van der Waals surface area contributed by atoms with Crippen molar-refractivity contribution < 1.29 is 17.9 Å². The highest BCUT2D eigenvalue weighted by molar-refractivity contribution is 8.01. The summed E-state index contributed by atoms with van der Waals surface area (Å²) in [5, 5.41) is -0.202. The van der Waals surface area contributed by atoms with Crippen molar-refractivity contribution in [1.29, 1.82) is 0 Å². The molecule has 1 aliphatic heterocycles. The van der Waals surface area contributed by atoms with Gasteiger partial charge < -0.3 is 4.74 Å². The van der Waals surface area contributed by atoms with Gasteiger partial charge in [0.2, 0.25) is 0 Å². The van der Waals surface area contributed by atoms with Gasteiger partial charge in [0, 0.05) is 12.0 Å². The van der Waals surface area contributed by atoms with Crippen molar-refractivity contribution >= 4 is 34.3 Å². The largest absolute Gasteiger partial charge is 0.416 e. The third-order valence-corrected chi connectivity index (χ3v) is 5.20. The Morgan fingerprint density at radius 2 is 2.09 bits per heavy atom. The van der Waals surface area contributed by atoms with E-state index in [2.05, 4.69) is 0 Å². The zero-order valence-corrected chi connectivity index (χ0v) is 13.2. The van der Waals surface area contributed by atoms with Crippen LogP contribution in [0.4, 0.5) is 13.2 Å². The van der Waals surface area contributed by atoms with Gasteiger partial charge in [0.25, 0.3) is 5.56 Å². The molecule has 1 N–H and O–H groups in total. The summed E-state index contributed by atoms with van der Waals surface area (Å²) in [6.45, 7) is 0.0860. The SMILES string of the molecule is COCC1C(Cl)Sc2cc(C(F)(F)F)cc3c(=O)[nH]c(=O)n1c23. The fourth-order valence-electron chi connectivity index (χ4n) is 2.56. The molecule has 1 aromatic heterocycles. The van der Waals surface area contributed by atoms with E-state index in [1.54, 1.807) is 0 Å². The highest BCUT2D eigenvalue weighted by atomic mass is 35.5. The van der Waals surface area contributed by atoms with Crippen LogP contribution in [0, 0.1) is 0 Å². The lowest BCUT2D eigenvalue weighted by Crippen LogP contribution is -2.39. The standard InChI is InChI=1S/C13H10ClF3N2O3S/c1-22-4-7-10(14)23-8-3-5(13(15,16)17)2-6-9(8)19(7)12(21)18-11(6)20/h2-3,7,10H,4H2,1H3,(H,18,20,21). The Kier molecular flexibility index (Phi) is 3.97. The van der Waals surface area contributed by atoms with Crippen LogP contribution in [0.3, 0.4) is 0 Å². The summed E-state index contributed by atoms with van der Waals surface area (Å²) < 4.78 is 44.6. The maximum Gasteiger partial charge on any atom is 0.416 e. The number of ether oxygens (including phenoxy) is 1. The molecule has 1 aromatic carbocycles. The number of hydrogen-bond acceptors (Lipinski definition) is 4. The number of aromatic amines is 1. The second kappa shape index (κ2) is 5.57. The summed E-state index contributed by atoms with van der Waals surface area (Å²) >= 11 is 7.18. The molecule has 2 unspecified atom stereocenters. The van der Waals surface area contributed by atoms with E-state index < -0.39 is 33.7 Å². The number of benzene rings is 1. The molecule has 0 radical (unpaired) electrons. The predicted octanol–water partition coefficient (Wildman–Crippen LogP) is 2.57. The van der Waals surface area contributed by atoms with Gasteiger partial charge >= 0.3 is 11.9 Å². The molecule has 2 aromatic rings. The van der Waals surface area contributed by atoms with Crippen molar-refractivity contribution in [3.63, 3.8) is 0 Å². The molecule has 0 saturated carbocycles. The lowest BCUT2D eigenvalue weighted by Gasteiger charge is -2.30. The summed E-state index contributed by atoms with van der Waals surface area (Å²) in [6, 6.07) is 1.04. The molecule has 2 atom stereocenters. The minimum atomic E-state index is -4.61. The highest BCUT2D eigenvalue weighted by Gasteiger charge is 2.36. The summed E-state index contributed by atoms with van der Waals surface area (Å²) in [7, 11) is 1.42. The molecule has 23 heavy (non-hydrogen) atoms. The molecule has 0 aliphatic carbocycles. The van der Waals surface area contributed by atoms with Crippen LogP contribution in [0.2, 0.25) is 0 Å². The van der Waals surface area contributed by atoms with Crippen LogP contribution < -0.4 is 11.2 Å². The van der Waals surface area contributed by atoms with Crippen LogP contribution in [0.25, 0.3) is 10.9 Å². The van der Waals surface area contributed by atoms with E-state index >= 15 is 0 Å². The first-order valence-corrected chi connectivity index (χ1v) is 7.75. The topological polar surface area (TPSA) is 64.1 Å². The molecule has 0 amide bonds. The number of halogens is 4. The third-order valence-electron chi connectivity index (χ3n) is 3.54. The maximum absolute atomic E-state index is 13.0. The Bertz CT molecular complexity index is 893. The molecule has 124 valence electrons. The molecule has 2 heterocycles. The van der Waals surface area contributed by atoms with Crippen LogP contribution in [0.5, 0.6) is 0 Å². The number of aromatic nitrogens is 2. The van der Waals surface area contributed by atoms with Gasteiger partial charge in [0.15, 0.2) is 0 Å². The van der Waals surface area contributed by atoms with E-state index in [-0.39, 0.29) is 22.4 Å². The van der Waals surface area contributed by atoms with E-state index in [1.807, 2.05) is 4.98 Å². The number of hydrogen-bond donors (Lipinski definition) is 1. The van der Waals surface area contributed by atoms with Crippen molar-refractivity contribution in [3.05, 3.63) is 38.5 Å². The number of thioether (sulfide) groups is 1. The maximum atomic E-state index is 13.0. The van der Waals surface area contributed by atoms with E-state index in [0.717, 1.165) is 23.9 Å². The van der Waals surface area contributed by atoms with Crippen LogP contribution in [-0.4, -0.2) is 28.0 Å². The molecule has 3 rings (SSSR count). The second-order valence-corrected chi connectivity index (χ2v) is 6.90. The number of methoxy groups -OCH3 is 1. The quantitative estimate of drug-likeness (QED) is 0.830. The smallest absolute Gasteiger partial charge is 0.382 e. The summed E-state index contributed by atoms with van der Waals surface area (Å²) in [5.41, 5.74) is -2.40. The molecule has 5 nitrogen and oxygen atoms in total. The number of nitrogens with zero attached hydrogens (tertiary/aromatic N) is 1. The average molecular weight is 367 g/mol. The first-order valence-electron chi connectivity index (χ1n) is 6.43. The Morgan fingerprint density at radius 1 is 1.39 bits per heavy atom. The first-order chi connectivity index (χ1) is 10.7. The fourth-order valence-corrected chi connectivity index (χ4v) is 4.15. The molecule has 0 fully saturated rings. The van der Waals surface area contributed by atoms with E-state index in [0.29, 0.717) is 0 Å². The highest BCUT2D eigenvalue weighted by Crippen LogP contribution is 2.44. The Labute approximate surface area is 136 Å². The predicted molar refractivity (Wildman–Crippen MR) is 80.2 cm³/mol. The van der Waals surface area contributed by atoms with Crippen molar-refractivity contribution in [3.8, 4) is 0 Å². The van der Waals surface area contributed by atoms with Gasteiger partial charge in [0.1, 0.15) is 4.71 Å². The van der Waals surface area contributed by atoms with Crippen molar-refractivity contribution in [2.75, 3.05) is 13.7 Å². The minimum Gasteiger partial charge on any atom is -0.382 e. The Morgan fingerprint density at radius 3 is 2.70 bits per heavy atom. The molecule has 0 bridgehead atoms. The molecule has 0 spiro atoms. The molecule has 1 aliphatic rings. The van der Waals surface area contributed by atoms with Crippen molar-refractivity contribution in [1.82, 2.24) is 9.55 Å². The number of alkyl halides is 4. The number of rotatable bonds is 2. The molecule has 10 heteroatoms. The first kappa shape index (κ1) is 16.4. The molecular weight excluding hydrogens is 357 g/mol. The number of nitrogens with one attached hydrogen (secondary N) is 1. The lowest BCUT2D eigenvalue weighted by atomic mass is 10.1. The van der Waals surface area contributed by atoms with Gasteiger partial charge in [-0.05, 0) is 12.1 Å². The van der Waals surface area contributed by atoms with E-state index in [4.69, 9.17) is 16.3 Å². The number of H-pyrrole nitrogens is 1. The van der Waals surface area contributed by atoms with Gasteiger partial charge in [0.05, 0.1) is 29.1 Å². The summed E-state index contributed by atoms with van der Waals surface area (Å²) in [5.74, 6) is 0. The Hall–Kier alpha value is -1.45. The summed E-state index contributed by atoms with van der Waals surface area (Å²) in [6.07, 6.45) is -4.61. The normalized spacial score (nSPS) is 20.9. The Balaban J connectivity index is 2.42. The van der Waals surface area contributed by atoms with E-state index in [9.17, 15) is 22.8 Å². The van der Waals surface area contributed by atoms with Crippen LogP contribution in [0.15, 0.2) is 26.6 Å². The van der Waals surface area contributed by atoms with Gasteiger partial charge in [-0.1, -0.05) is 0 Å². The van der Waals surface area contributed by atoms with Gasteiger partial charge in [-0.2, -0.15) is 13.2 Å². The third kappa shape index (κ3) is 2.66. The van der Waals surface area contributed by atoms with Crippen molar-refractivity contribution in [2.45, 2.75) is 21.8 Å². The fraction of sp³-hybridized carbons (Fsp3) is 0.385. The molecular formula is C13H10ClF3N2O3S. The summed E-state index contributed by atoms with van der Waals surface area (Å²) in [4.78, 5) is 26.3. The van der Waals surface area contributed by atoms with Crippen LogP contribution in [-0.2, 0) is 10.9 Å². The van der Waals surface area contributed by atoms with Gasteiger partial charge in [-0.3, -0.25) is 14.3 Å². The minimum absolute atomic E-state index is 0.0860. The molecule has 0 saturated heterocycles. The van der Waals surface area contributed by atoms with Crippen LogP contribution in [0.1, 0.15) is 11.6 Å². The van der Waals surface area contributed by atoms with Gasteiger partial charge in [-0.25, -0.2) is 4.79 Å². The van der Waals surface area contributed by atoms with Crippen molar-refractivity contribution in [2.24, 2.45) is 0 Å². The monoisotopic (exact) mass is 366 g/mol. The average Bonchev–Trinajstić information content (AvgIpc) is 2.44. The van der Waals surface area contributed by atoms with Crippen LogP contribution >= 0.6 is 23.4 Å². The zero-order valence-electron chi connectivity index (χ0n) is 11.6. The van der Waals surface area contributed by atoms with E-state index in [1.165, 1.54) is 11.7 Å². The zero-order chi connectivity index (χ0) is 16.9. The second-order valence-electron chi connectivity index (χ2n) is 4.99. The lowest BCUT2D eigenvalue weighted by molar-refractivity contribution is -0.137.